The van der Waals surface area contributed by atoms with Crippen LogP contribution in [-0.4, -0.2) is 38.5 Å². The van der Waals surface area contributed by atoms with Crippen LogP contribution in [0.25, 0.3) is 0 Å². The molecular weight excluding hydrogens is 350 g/mol. The lowest BCUT2D eigenvalue weighted by Crippen LogP contribution is -2.33. The van der Waals surface area contributed by atoms with Gasteiger partial charge in [-0.15, -0.1) is 0 Å². The number of rotatable bonds is 7. The Bertz CT molecular complexity index is 811. The Morgan fingerprint density at radius 3 is 1.85 bits per heavy atom. The average molecular weight is 371 g/mol. The van der Waals surface area contributed by atoms with E-state index in [0.29, 0.717) is 22.9 Å². The molecule has 0 fully saturated rings. The van der Waals surface area contributed by atoms with Crippen LogP contribution in [0.2, 0.25) is 0 Å². The number of hydrogen-bond donors (Lipinski definition) is 3. The first-order valence-electron chi connectivity index (χ1n) is 8.11. The molecule has 0 heterocycles. The molecule has 8 nitrogen and oxygen atoms in total. The van der Waals surface area contributed by atoms with E-state index in [4.69, 9.17) is 9.47 Å². The van der Waals surface area contributed by atoms with Crippen molar-refractivity contribution in [2.75, 3.05) is 31.4 Å². The van der Waals surface area contributed by atoms with Gasteiger partial charge in [-0.25, -0.2) is 0 Å². The zero-order chi connectivity index (χ0) is 19.8. The third-order valence-corrected chi connectivity index (χ3v) is 3.55. The van der Waals surface area contributed by atoms with Gasteiger partial charge in [-0.2, -0.15) is 0 Å². The fourth-order valence-corrected chi connectivity index (χ4v) is 2.37. The number of carbonyl (C=O) groups excluding carboxylic acids is 3. The number of nitrogens with one attached hydrogen (secondary N) is 3. The third kappa shape index (κ3) is 5.46. The van der Waals surface area contributed by atoms with E-state index in [1.165, 1.54) is 21.1 Å². The molecule has 0 bridgehead atoms. The second-order valence-electron chi connectivity index (χ2n) is 5.53. The van der Waals surface area contributed by atoms with E-state index in [1.807, 2.05) is 0 Å². The van der Waals surface area contributed by atoms with Gasteiger partial charge in [0.25, 0.3) is 5.91 Å². The number of ether oxygens (including phenoxy) is 2. The number of anilines is 2. The molecule has 2 rings (SSSR count). The highest BCUT2D eigenvalue weighted by Crippen LogP contribution is 2.27. The summed E-state index contributed by atoms with van der Waals surface area (Å²) in [5, 5.41) is 7.83. The molecule has 0 aliphatic heterocycles. The summed E-state index contributed by atoms with van der Waals surface area (Å²) in [5.41, 5.74) is 1.38. The van der Waals surface area contributed by atoms with Gasteiger partial charge in [0.15, 0.2) is 0 Å². The van der Waals surface area contributed by atoms with Crippen molar-refractivity contribution >= 4 is 29.1 Å². The first kappa shape index (κ1) is 19.8. The Morgan fingerprint density at radius 2 is 1.37 bits per heavy atom. The van der Waals surface area contributed by atoms with Crippen LogP contribution in [0, 0.1) is 0 Å². The lowest BCUT2D eigenvalue weighted by Gasteiger charge is -2.13. The maximum Gasteiger partial charge on any atom is 0.259 e. The quantitative estimate of drug-likeness (QED) is 0.691. The van der Waals surface area contributed by atoms with Crippen LogP contribution in [0.1, 0.15) is 17.3 Å². The van der Waals surface area contributed by atoms with E-state index in [9.17, 15) is 14.4 Å². The van der Waals surface area contributed by atoms with Crippen molar-refractivity contribution in [1.82, 2.24) is 5.32 Å². The maximum absolute atomic E-state index is 12.4. The van der Waals surface area contributed by atoms with Crippen LogP contribution in [-0.2, 0) is 9.59 Å². The Morgan fingerprint density at radius 1 is 0.852 bits per heavy atom. The number of carbonyl (C=O) groups is 3. The molecule has 27 heavy (non-hydrogen) atoms. The molecule has 0 aliphatic rings. The van der Waals surface area contributed by atoms with Crippen LogP contribution >= 0.6 is 0 Å². The van der Waals surface area contributed by atoms with Gasteiger partial charge >= 0.3 is 0 Å². The van der Waals surface area contributed by atoms with E-state index in [1.54, 1.807) is 42.5 Å². The predicted octanol–water partition coefficient (Wildman–Crippen LogP) is 2.03. The summed E-state index contributed by atoms with van der Waals surface area (Å²) >= 11 is 0. The Balaban J connectivity index is 1.96. The van der Waals surface area contributed by atoms with Crippen LogP contribution in [0.15, 0.2) is 42.5 Å². The lowest BCUT2D eigenvalue weighted by atomic mass is 10.1. The van der Waals surface area contributed by atoms with Crippen molar-refractivity contribution in [2.45, 2.75) is 6.92 Å². The number of amides is 3. The summed E-state index contributed by atoms with van der Waals surface area (Å²) in [5.74, 6) is -0.368. The highest BCUT2D eigenvalue weighted by Gasteiger charge is 2.18. The summed E-state index contributed by atoms with van der Waals surface area (Å²) in [6, 6.07) is 11.6. The molecule has 2 aromatic rings. The fraction of sp³-hybridized carbons (Fsp3) is 0.211. The minimum atomic E-state index is -0.486. The first-order chi connectivity index (χ1) is 12.9. The number of hydrogen-bond acceptors (Lipinski definition) is 5. The zero-order valence-electron chi connectivity index (χ0n) is 15.3. The zero-order valence-corrected chi connectivity index (χ0v) is 15.3. The van der Waals surface area contributed by atoms with E-state index in [-0.39, 0.29) is 18.0 Å². The minimum Gasteiger partial charge on any atom is -0.496 e. The second-order valence-corrected chi connectivity index (χ2v) is 5.53. The smallest absolute Gasteiger partial charge is 0.259 e. The molecule has 0 radical (unpaired) electrons. The average Bonchev–Trinajstić information content (AvgIpc) is 2.66. The highest BCUT2D eigenvalue weighted by molar-refractivity contribution is 6.02. The number of benzene rings is 2. The van der Waals surface area contributed by atoms with Gasteiger partial charge in [0, 0.05) is 18.3 Å². The second kappa shape index (κ2) is 9.23. The normalized spacial score (nSPS) is 9.89. The molecule has 0 saturated carbocycles. The van der Waals surface area contributed by atoms with Gasteiger partial charge in [-0.05, 0) is 36.4 Å². The molecule has 0 saturated heterocycles. The Labute approximate surface area is 156 Å². The van der Waals surface area contributed by atoms with Crippen LogP contribution in [0.4, 0.5) is 11.4 Å². The van der Waals surface area contributed by atoms with Gasteiger partial charge in [0.2, 0.25) is 11.8 Å². The van der Waals surface area contributed by atoms with Crippen molar-refractivity contribution in [3.05, 3.63) is 48.0 Å². The van der Waals surface area contributed by atoms with Gasteiger partial charge in [-0.1, -0.05) is 6.07 Å². The minimum absolute atomic E-state index is 0.179. The molecule has 3 N–H and O–H groups in total. The Hall–Kier alpha value is -3.55. The maximum atomic E-state index is 12.4. The van der Waals surface area contributed by atoms with Gasteiger partial charge in [-0.3, -0.25) is 14.4 Å². The topological polar surface area (TPSA) is 106 Å². The summed E-state index contributed by atoms with van der Waals surface area (Å²) in [7, 11) is 2.89. The lowest BCUT2D eigenvalue weighted by molar-refractivity contribution is -0.115. The SMILES string of the molecule is COc1cccc(OC)c1C(=O)NCC(=O)Nc1ccc(NC(C)=O)cc1. The van der Waals surface area contributed by atoms with Crippen LogP contribution < -0.4 is 25.4 Å². The van der Waals surface area contributed by atoms with Crippen molar-refractivity contribution in [1.29, 1.82) is 0 Å². The highest BCUT2D eigenvalue weighted by atomic mass is 16.5. The molecule has 0 atom stereocenters. The molecule has 0 unspecified atom stereocenters. The summed E-state index contributed by atoms with van der Waals surface area (Å²) in [6.07, 6.45) is 0. The predicted molar refractivity (Wildman–Crippen MR) is 101 cm³/mol. The largest absolute Gasteiger partial charge is 0.496 e. The van der Waals surface area contributed by atoms with E-state index < -0.39 is 11.8 Å². The van der Waals surface area contributed by atoms with E-state index >= 15 is 0 Å². The summed E-state index contributed by atoms with van der Waals surface area (Å²) in [6.45, 7) is 1.18. The molecule has 0 aliphatic carbocycles. The van der Waals surface area contributed by atoms with Crippen LogP contribution in [0.5, 0.6) is 11.5 Å². The molecule has 3 amide bonds. The molecular formula is C19H21N3O5. The van der Waals surface area contributed by atoms with E-state index in [0.717, 1.165) is 0 Å². The first-order valence-corrected chi connectivity index (χ1v) is 8.11. The summed E-state index contributed by atoms with van der Waals surface area (Å²) in [4.78, 5) is 35.5. The monoisotopic (exact) mass is 371 g/mol. The van der Waals surface area contributed by atoms with Gasteiger partial charge in [0.05, 0.1) is 20.8 Å². The standard InChI is InChI=1S/C19H21N3O5/c1-12(23)21-13-7-9-14(10-8-13)22-17(24)11-20-19(25)18-15(26-2)5-4-6-16(18)27-3/h4-10H,11H2,1-3H3,(H,20,25)(H,21,23)(H,22,24). The summed E-state index contributed by atoms with van der Waals surface area (Å²) < 4.78 is 10.4. The third-order valence-electron chi connectivity index (χ3n) is 3.55. The van der Waals surface area contributed by atoms with Gasteiger partial charge < -0.3 is 25.4 Å². The molecule has 8 heteroatoms. The van der Waals surface area contributed by atoms with Crippen molar-refractivity contribution in [2.24, 2.45) is 0 Å². The fourth-order valence-electron chi connectivity index (χ4n) is 2.37. The molecule has 2 aromatic carbocycles. The van der Waals surface area contributed by atoms with Crippen molar-refractivity contribution in [3.63, 3.8) is 0 Å². The van der Waals surface area contributed by atoms with Crippen molar-refractivity contribution < 1.29 is 23.9 Å². The van der Waals surface area contributed by atoms with Crippen molar-refractivity contribution in [3.8, 4) is 11.5 Å². The molecule has 0 aromatic heterocycles. The van der Waals surface area contributed by atoms with Gasteiger partial charge in [0.1, 0.15) is 17.1 Å². The molecule has 142 valence electrons. The van der Waals surface area contributed by atoms with E-state index in [2.05, 4.69) is 16.0 Å². The van der Waals surface area contributed by atoms with Crippen LogP contribution in [0.3, 0.4) is 0 Å². The molecule has 0 spiro atoms. The number of methoxy groups -OCH3 is 2. The Kier molecular flexibility index (Phi) is 6.76.